The quantitative estimate of drug-likeness (QED) is 0.0211. The maximum atomic E-state index is 13.0. The van der Waals surface area contributed by atoms with Crippen LogP contribution in [0.3, 0.4) is 0 Å². The van der Waals surface area contributed by atoms with Crippen molar-refractivity contribution in [1.82, 2.24) is 0 Å². The van der Waals surface area contributed by atoms with Gasteiger partial charge < -0.3 is 28.5 Å². The minimum Gasteiger partial charge on any atom is -0.477 e. The van der Waals surface area contributed by atoms with Gasteiger partial charge in [-0.1, -0.05) is 354 Å². The normalized spacial score (nSPS) is 13.2. The number of carboxylic acid groups (broad SMARTS) is 1. The van der Waals surface area contributed by atoms with Gasteiger partial charge in [0.1, 0.15) is 13.2 Å². The molecule has 2 atom stereocenters. The van der Waals surface area contributed by atoms with Crippen molar-refractivity contribution in [3.05, 3.63) is 109 Å². The summed E-state index contributed by atoms with van der Waals surface area (Å²) in [6.07, 6.45) is 104. The predicted octanol–water partition coefficient (Wildman–Crippen LogP) is 25.7. The average molecular weight is 1330 g/mol. The second kappa shape index (κ2) is 75.7. The fourth-order valence-electron chi connectivity index (χ4n) is 11.4. The Balaban J connectivity index is 4.05. The van der Waals surface area contributed by atoms with Gasteiger partial charge in [0.25, 0.3) is 6.29 Å². The molecule has 0 aliphatic rings. The van der Waals surface area contributed by atoms with E-state index in [-0.39, 0.29) is 32.2 Å². The summed E-state index contributed by atoms with van der Waals surface area (Å²) in [7, 11) is 5.98. The summed E-state index contributed by atoms with van der Waals surface area (Å²) < 4.78 is 23.0. The summed E-state index contributed by atoms with van der Waals surface area (Å²) in [6.45, 7) is 4.79. The Morgan fingerprint density at radius 2 is 0.600 bits per heavy atom. The minimum absolute atomic E-state index is 0.183. The molecular formula is C86H152NO8+. The lowest BCUT2D eigenvalue weighted by Crippen LogP contribution is -2.40. The molecule has 0 bridgehead atoms. The smallest absolute Gasteiger partial charge is 0.361 e. The number of rotatable bonds is 74. The monoisotopic (exact) mass is 1330 g/mol. The molecule has 0 amide bonds. The standard InChI is InChI=1S/C86H151NO8/c1-6-8-10-12-14-16-18-20-22-24-26-28-30-32-34-36-38-40-41-42-43-45-46-48-50-52-54-56-58-60-62-64-66-68-70-72-74-76-83(88)93-80-82(81-94-86(85(90)91)92-79-78-87(3,4)5)95-84(89)77-75-73-71-69-67-65-63-61-59-57-55-53-51-49-47-44-39-37-35-33-31-29-27-25-23-21-19-17-15-13-11-9-7-2/h9,11,15,17,21,23-24,26-27,29,33,35,39,44,49,51,55,57,82,86H,6-8,10,12-14,16,18-20,22,25,28,30-32,34,36-38,40-43,45-48,50,52-54,56,58-81H2,1-5H3/p+1/b11-9-,17-15-,23-21-,26-24-,29-27-,35-33-,44-39-,51-49-,57-55-. The number of aliphatic carboxylic acids is 1. The summed E-state index contributed by atoms with van der Waals surface area (Å²) in [5.74, 6) is -2.01. The Morgan fingerprint density at radius 1 is 0.326 bits per heavy atom. The highest BCUT2D eigenvalue weighted by molar-refractivity contribution is 5.71. The van der Waals surface area contributed by atoms with E-state index < -0.39 is 24.3 Å². The van der Waals surface area contributed by atoms with E-state index in [1.807, 2.05) is 21.1 Å². The number of hydrogen-bond donors (Lipinski definition) is 1. The van der Waals surface area contributed by atoms with E-state index in [1.54, 1.807) is 0 Å². The van der Waals surface area contributed by atoms with Crippen LogP contribution in [0.5, 0.6) is 0 Å². The first-order chi connectivity index (χ1) is 46.6. The molecular weight excluding hydrogens is 1170 g/mol. The molecule has 1 N–H and O–H groups in total. The molecule has 0 aromatic heterocycles. The molecule has 0 aromatic rings. The van der Waals surface area contributed by atoms with Crippen LogP contribution in [0, 0.1) is 0 Å². The van der Waals surface area contributed by atoms with E-state index in [1.165, 1.54) is 231 Å². The Hall–Kier alpha value is -4.05. The van der Waals surface area contributed by atoms with Crippen molar-refractivity contribution in [2.45, 2.75) is 373 Å². The van der Waals surface area contributed by atoms with E-state index in [0.717, 1.165) is 96.3 Å². The number of likely N-dealkylation sites (N-methyl/N-ethyl adjacent to an activating group) is 1. The molecule has 0 aliphatic heterocycles. The third-order valence-corrected chi connectivity index (χ3v) is 17.5. The number of carbonyl (C=O) groups excluding carboxylic acids is 2. The maximum absolute atomic E-state index is 13.0. The van der Waals surface area contributed by atoms with Crippen LogP contribution >= 0.6 is 0 Å². The summed E-state index contributed by atoms with van der Waals surface area (Å²) >= 11 is 0. The molecule has 0 fully saturated rings. The molecule has 548 valence electrons. The topological polar surface area (TPSA) is 108 Å². The van der Waals surface area contributed by atoms with Gasteiger partial charge in [-0.05, 0) is 103 Å². The van der Waals surface area contributed by atoms with Crippen LogP contribution < -0.4 is 0 Å². The molecule has 0 aromatic carbocycles. The molecule has 2 unspecified atom stereocenters. The van der Waals surface area contributed by atoms with Crippen molar-refractivity contribution in [1.29, 1.82) is 0 Å². The van der Waals surface area contributed by atoms with Crippen molar-refractivity contribution < 1.29 is 42.9 Å². The molecule has 0 aliphatic carbocycles. The lowest BCUT2D eigenvalue weighted by Gasteiger charge is -2.25. The molecule has 0 spiro atoms. The summed E-state index contributed by atoms with van der Waals surface area (Å²) in [5.41, 5.74) is 0. The van der Waals surface area contributed by atoms with Gasteiger partial charge in [-0.3, -0.25) is 9.59 Å². The molecule has 0 radical (unpaired) electrons. The van der Waals surface area contributed by atoms with Crippen LogP contribution in [0.2, 0.25) is 0 Å². The van der Waals surface area contributed by atoms with Crippen LogP contribution in [0.1, 0.15) is 361 Å². The third kappa shape index (κ3) is 77.2. The van der Waals surface area contributed by atoms with Crippen LogP contribution in [0.25, 0.3) is 0 Å². The van der Waals surface area contributed by atoms with E-state index in [0.29, 0.717) is 23.9 Å². The predicted molar refractivity (Wildman–Crippen MR) is 410 cm³/mol. The fourth-order valence-corrected chi connectivity index (χ4v) is 11.4. The maximum Gasteiger partial charge on any atom is 0.361 e. The first-order valence-electron chi connectivity index (χ1n) is 40.1. The first-order valence-corrected chi connectivity index (χ1v) is 40.1. The lowest BCUT2D eigenvalue weighted by atomic mass is 10.0. The molecule has 9 nitrogen and oxygen atoms in total. The lowest BCUT2D eigenvalue weighted by molar-refractivity contribution is -0.870. The Kier molecular flexibility index (Phi) is 72.5. The van der Waals surface area contributed by atoms with E-state index in [2.05, 4.69) is 123 Å². The number of hydrogen-bond acceptors (Lipinski definition) is 7. The van der Waals surface area contributed by atoms with Gasteiger partial charge in [-0.15, -0.1) is 0 Å². The van der Waals surface area contributed by atoms with Crippen molar-refractivity contribution in [3.63, 3.8) is 0 Å². The molecule has 0 saturated heterocycles. The Morgan fingerprint density at radius 3 is 0.905 bits per heavy atom. The number of nitrogens with zero attached hydrogens (tertiary/aromatic N) is 1. The van der Waals surface area contributed by atoms with Crippen molar-refractivity contribution in [3.8, 4) is 0 Å². The summed E-state index contributed by atoms with van der Waals surface area (Å²) in [5, 5.41) is 9.77. The van der Waals surface area contributed by atoms with Crippen LogP contribution in [0.15, 0.2) is 109 Å². The highest BCUT2D eigenvalue weighted by Crippen LogP contribution is 2.19. The van der Waals surface area contributed by atoms with Gasteiger partial charge in [-0.25, -0.2) is 4.79 Å². The minimum atomic E-state index is -1.52. The van der Waals surface area contributed by atoms with Gasteiger partial charge in [0, 0.05) is 12.8 Å². The van der Waals surface area contributed by atoms with Gasteiger partial charge in [0.05, 0.1) is 34.4 Å². The van der Waals surface area contributed by atoms with E-state index >= 15 is 0 Å². The molecule has 95 heavy (non-hydrogen) atoms. The molecule has 9 heteroatoms. The zero-order valence-corrected chi connectivity index (χ0v) is 62.8. The third-order valence-electron chi connectivity index (χ3n) is 17.5. The number of unbranched alkanes of at least 4 members (excludes halogenated alkanes) is 41. The Labute approximate surface area is 587 Å². The number of esters is 2. The molecule has 0 saturated carbocycles. The van der Waals surface area contributed by atoms with Crippen LogP contribution in [-0.2, 0) is 33.3 Å². The number of quaternary nitrogens is 1. The van der Waals surface area contributed by atoms with Crippen molar-refractivity contribution in [2.75, 3.05) is 47.5 Å². The second-order valence-corrected chi connectivity index (χ2v) is 28.0. The second-order valence-electron chi connectivity index (χ2n) is 28.0. The van der Waals surface area contributed by atoms with Gasteiger partial charge >= 0.3 is 17.9 Å². The summed E-state index contributed by atoms with van der Waals surface area (Å²) in [6, 6.07) is 0. The highest BCUT2D eigenvalue weighted by Gasteiger charge is 2.25. The average Bonchev–Trinajstić information content (AvgIpc) is 3.75. The van der Waals surface area contributed by atoms with Gasteiger partial charge in [-0.2, -0.15) is 0 Å². The van der Waals surface area contributed by atoms with Gasteiger partial charge in [0.15, 0.2) is 6.10 Å². The molecule has 0 rings (SSSR count). The largest absolute Gasteiger partial charge is 0.477 e. The van der Waals surface area contributed by atoms with Crippen molar-refractivity contribution >= 4 is 17.9 Å². The number of carbonyl (C=O) groups is 3. The fraction of sp³-hybridized carbons (Fsp3) is 0.756. The van der Waals surface area contributed by atoms with Crippen molar-refractivity contribution in [2.24, 2.45) is 0 Å². The number of allylic oxidation sites excluding steroid dienone is 18. The van der Waals surface area contributed by atoms with E-state index in [4.69, 9.17) is 18.9 Å². The molecule has 0 heterocycles. The van der Waals surface area contributed by atoms with Gasteiger partial charge in [0.2, 0.25) is 0 Å². The van der Waals surface area contributed by atoms with Crippen LogP contribution in [-0.4, -0.2) is 87.4 Å². The SMILES string of the molecule is CC/C=C\C/C=C\C/C=C\C/C=C\C/C=C\C/C=C\C/C=C\C/C=C\CCCCCCCCCCC(=O)OC(COC(=O)CCCCCCCCCCCCCCCCCCCCCCCCCCC/C=C\CCCCCCCCCC)COC(OCC[N+](C)(C)C)C(=O)O. The first kappa shape index (κ1) is 91.0. The zero-order valence-electron chi connectivity index (χ0n) is 62.8. The number of carboxylic acids is 1. The number of ether oxygens (including phenoxy) is 4. The summed E-state index contributed by atoms with van der Waals surface area (Å²) in [4.78, 5) is 37.7. The van der Waals surface area contributed by atoms with E-state index in [9.17, 15) is 19.5 Å². The highest BCUT2D eigenvalue weighted by atomic mass is 16.7. The van der Waals surface area contributed by atoms with Crippen LogP contribution in [0.4, 0.5) is 0 Å². The Bertz CT molecular complexity index is 1930. The zero-order chi connectivity index (χ0) is 69.0.